The van der Waals surface area contributed by atoms with Crippen LogP contribution < -0.4 is 10.5 Å². The van der Waals surface area contributed by atoms with Gasteiger partial charge in [-0.15, -0.1) is 0 Å². The van der Waals surface area contributed by atoms with E-state index in [4.69, 9.17) is 5.14 Å². The maximum Gasteiger partial charge on any atom is 0.241 e. The lowest BCUT2D eigenvalue weighted by Gasteiger charge is -2.37. The topological polar surface area (TPSA) is 130 Å². The van der Waals surface area contributed by atoms with Crippen molar-refractivity contribution in [3.8, 4) is 22.6 Å². The Bertz CT molecular complexity index is 1930. The number of nitrogens with two attached hydrogens (primary N) is 1. The number of anilines is 1. The zero-order valence-corrected chi connectivity index (χ0v) is 28.8. The molecule has 2 fully saturated rings. The van der Waals surface area contributed by atoms with Gasteiger partial charge in [0.15, 0.2) is 5.82 Å². The Morgan fingerprint density at radius 1 is 0.920 bits per heavy atom. The van der Waals surface area contributed by atoms with Gasteiger partial charge in [0.05, 0.1) is 11.2 Å². The second kappa shape index (κ2) is 15.1. The lowest BCUT2D eigenvalue weighted by atomic mass is 9.79. The second-order valence-electron chi connectivity index (χ2n) is 13.6. The van der Waals surface area contributed by atoms with Gasteiger partial charge in [0.1, 0.15) is 10.6 Å². The number of hydrogen-bond donors (Lipinski definition) is 3. The molecular weight excluding hydrogens is 650 g/mol. The number of rotatable bonds is 8. The molecule has 2 amide bonds. The minimum Gasteiger partial charge on any atom is -0.343 e. The fraction of sp³-hybridized carbons (Fsp3) is 0.359. The van der Waals surface area contributed by atoms with Crippen LogP contribution in [0.3, 0.4) is 0 Å². The number of H-pyrrole nitrogens is 1. The van der Waals surface area contributed by atoms with E-state index in [0.29, 0.717) is 36.6 Å². The molecule has 7 rings (SSSR count). The standard InChI is InChI=1S/C39H42FN7O2S/c40-31-11-9-29(10-12-31)36-33-25-32(13-14-34(33)45-46-36)44-38(49)39(50-41)18-15-26(16-19-39)24-35(48)47-22-2-1-4-27(17-23-47)28-5-7-30(8-6-28)37-42-20-3-21-43-37/h3,5-14,20-21,25-27H,1-2,4,15-19,22-24,41H2,(H,44,49)(H,45,46). The van der Waals surface area contributed by atoms with Crippen molar-refractivity contribution in [1.82, 2.24) is 25.1 Å². The molecule has 1 atom stereocenters. The molecule has 4 N–H and O–H groups in total. The highest BCUT2D eigenvalue weighted by Gasteiger charge is 2.42. The van der Waals surface area contributed by atoms with E-state index >= 15 is 0 Å². The van der Waals surface area contributed by atoms with Crippen molar-refractivity contribution < 1.29 is 14.0 Å². The van der Waals surface area contributed by atoms with Crippen molar-refractivity contribution >= 4 is 40.4 Å². The molecule has 11 heteroatoms. The molecule has 2 aromatic heterocycles. The zero-order chi connectivity index (χ0) is 34.5. The average Bonchev–Trinajstić information content (AvgIpc) is 3.56. The summed E-state index contributed by atoms with van der Waals surface area (Å²) in [7, 11) is 0. The molecule has 2 aliphatic rings. The third kappa shape index (κ3) is 7.44. The molecule has 50 heavy (non-hydrogen) atoms. The third-order valence-electron chi connectivity index (χ3n) is 10.5. The molecule has 1 saturated heterocycles. The number of carbonyl (C=O) groups excluding carboxylic acids is 2. The Hall–Kier alpha value is -4.61. The van der Waals surface area contributed by atoms with Gasteiger partial charge < -0.3 is 10.2 Å². The zero-order valence-electron chi connectivity index (χ0n) is 28.0. The predicted molar refractivity (Wildman–Crippen MR) is 196 cm³/mol. The normalized spacial score (nSPS) is 21.4. The van der Waals surface area contributed by atoms with Crippen LogP contribution in [0.5, 0.6) is 0 Å². The van der Waals surface area contributed by atoms with Crippen LogP contribution in [-0.2, 0) is 9.59 Å². The van der Waals surface area contributed by atoms with Crippen molar-refractivity contribution in [2.24, 2.45) is 11.1 Å². The quantitative estimate of drug-likeness (QED) is 0.141. The molecule has 258 valence electrons. The van der Waals surface area contributed by atoms with Crippen LogP contribution in [0.15, 0.2) is 85.2 Å². The van der Waals surface area contributed by atoms with Crippen LogP contribution >= 0.6 is 11.9 Å². The first kappa shape index (κ1) is 33.9. The van der Waals surface area contributed by atoms with E-state index in [1.54, 1.807) is 24.5 Å². The summed E-state index contributed by atoms with van der Waals surface area (Å²) in [6.45, 7) is 1.56. The number of likely N-dealkylation sites (tertiary alicyclic amines) is 1. The van der Waals surface area contributed by atoms with Gasteiger partial charge in [0.2, 0.25) is 11.8 Å². The van der Waals surface area contributed by atoms with Crippen molar-refractivity contribution in [2.75, 3.05) is 18.4 Å². The Morgan fingerprint density at radius 3 is 2.40 bits per heavy atom. The van der Waals surface area contributed by atoms with Gasteiger partial charge in [-0.05, 0) is 111 Å². The third-order valence-corrected chi connectivity index (χ3v) is 11.5. The van der Waals surface area contributed by atoms with E-state index in [-0.39, 0.29) is 23.5 Å². The second-order valence-corrected chi connectivity index (χ2v) is 14.6. The Kier molecular flexibility index (Phi) is 10.2. The van der Waals surface area contributed by atoms with Crippen molar-refractivity contribution in [1.29, 1.82) is 0 Å². The fourth-order valence-corrected chi connectivity index (χ4v) is 8.11. The summed E-state index contributed by atoms with van der Waals surface area (Å²) >= 11 is 1.11. The monoisotopic (exact) mass is 691 g/mol. The Labute approximate surface area is 295 Å². The van der Waals surface area contributed by atoms with E-state index in [9.17, 15) is 14.0 Å². The first-order valence-electron chi connectivity index (χ1n) is 17.5. The summed E-state index contributed by atoms with van der Waals surface area (Å²) in [4.78, 5) is 38.1. The van der Waals surface area contributed by atoms with Gasteiger partial charge in [-0.2, -0.15) is 5.10 Å². The number of nitrogens with zero attached hydrogens (tertiary/aromatic N) is 4. The number of carbonyl (C=O) groups is 2. The summed E-state index contributed by atoms with van der Waals surface area (Å²) in [5.74, 6) is 1.15. The number of nitrogens with one attached hydrogen (secondary N) is 2. The van der Waals surface area contributed by atoms with E-state index < -0.39 is 4.75 Å². The lowest BCUT2D eigenvalue weighted by molar-refractivity contribution is -0.132. The van der Waals surface area contributed by atoms with Crippen LogP contribution in [0.25, 0.3) is 33.5 Å². The van der Waals surface area contributed by atoms with Gasteiger partial charge in [0, 0.05) is 54.1 Å². The average molecular weight is 692 g/mol. The van der Waals surface area contributed by atoms with Crippen molar-refractivity contribution in [3.05, 3.63) is 96.6 Å². The summed E-state index contributed by atoms with van der Waals surface area (Å²) in [5, 5.41) is 17.6. The van der Waals surface area contributed by atoms with Crippen LogP contribution in [0.2, 0.25) is 0 Å². The number of amides is 2. The molecule has 3 heterocycles. The molecule has 0 spiro atoms. The minimum absolute atomic E-state index is 0.125. The van der Waals surface area contributed by atoms with E-state index in [0.717, 1.165) is 91.4 Å². The number of fused-ring (bicyclic) bond motifs is 1. The maximum absolute atomic E-state index is 13.7. The number of halogens is 1. The number of aromatic nitrogens is 4. The highest BCUT2D eigenvalue weighted by atomic mass is 32.2. The Morgan fingerprint density at radius 2 is 1.66 bits per heavy atom. The fourth-order valence-electron chi connectivity index (χ4n) is 7.48. The lowest BCUT2D eigenvalue weighted by Crippen LogP contribution is -2.45. The molecule has 1 unspecified atom stereocenters. The molecule has 1 aliphatic carbocycles. The highest BCUT2D eigenvalue weighted by molar-refractivity contribution is 7.99. The molecule has 9 nitrogen and oxygen atoms in total. The molecule has 0 radical (unpaired) electrons. The van der Waals surface area contributed by atoms with E-state index in [1.807, 2.05) is 24.3 Å². The van der Waals surface area contributed by atoms with Gasteiger partial charge >= 0.3 is 0 Å². The van der Waals surface area contributed by atoms with E-state index in [1.165, 1.54) is 17.7 Å². The van der Waals surface area contributed by atoms with Gasteiger partial charge in [0.25, 0.3) is 0 Å². The number of aromatic amines is 1. The van der Waals surface area contributed by atoms with Crippen LogP contribution in [-0.4, -0.2) is 54.7 Å². The van der Waals surface area contributed by atoms with Crippen LogP contribution in [0.4, 0.5) is 10.1 Å². The van der Waals surface area contributed by atoms with Crippen molar-refractivity contribution in [2.45, 2.75) is 68.5 Å². The Balaban J connectivity index is 0.933. The molecule has 3 aromatic carbocycles. The van der Waals surface area contributed by atoms with Crippen LogP contribution in [0, 0.1) is 11.7 Å². The minimum atomic E-state index is -0.763. The first-order valence-corrected chi connectivity index (χ1v) is 18.4. The summed E-state index contributed by atoms with van der Waals surface area (Å²) in [6, 6.07) is 22.2. The van der Waals surface area contributed by atoms with E-state index in [2.05, 4.69) is 54.6 Å². The predicted octanol–water partition coefficient (Wildman–Crippen LogP) is 7.88. The summed E-state index contributed by atoms with van der Waals surface area (Å²) in [5.41, 5.74) is 5.25. The SMILES string of the molecule is NSC1(C(=O)Nc2ccc3[nH]nc(-c4ccc(F)cc4)c3c2)CCC(CC(=O)N2CCCCC(c3ccc(-c4ncccn4)cc3)CC2)CC1. The van der Waals surface area contributed by atoms with Gasteiger partial charge in [-0.1, -0.05) is 42.6 Å². The molecular formula is C39H42FN7O2S. The largest absolute Gasteiger partial charge is 0.343 e. The number of benzene rings is 3. The summed E-state index contributed by atoms with van der Waals surface area (Å²) in [6.07, 6.45) is 10.9. The highest BCUT2D eigenvalue weighted by Crippen LogP contribution is 2.42. The summed E-state index contributed by atoms with van der Waals surface area (Å²) < 4.78 is 12.7. The van der Waals surface area contributed by atoms with Gasteiger partial charge in [-0.25, -0.2) is 14.4 Å². The molecule has 5 aromatic rings. The van der Waals surface area contributed by atoms with Crippen molar-refractivity contribution in [3.63, 3.8) is 0 Å². The first-order chi connectivity index (χ1) is 24.4. The van der Waals surface area contributed by atoms with Crippen LogP contribution in [0.1, 0.15) is 69.3 Å². The van der Waals surface area contributed by atoms with Gasteiger partial charge in [-0.3, -0.25) is 19.8 Å². The maximum atomic E-state index is 13.7. The number of hydrogen-bond acceptors (Lipinski definition) is 7. The molecule has 1 aliphatic heterocycles. The molecule has 0 bridgehead atoms. The molecule has 1 saturated carbocycles. The smallest absolute Gasteiger partial charge is 0.241 e.